The first-order valence-corrected chi connectivity index (χ1v) is 16.3. The van der Waals surface area contributed by atoms with Gasteiger partial charge in [-0.25, -0.2) is 4.90 Å². The number of thiazole rings is 1. The minimum atomic E-state index is -0.884. The molecule has 2 aliphatic heterocycles. The highest BCUT2D eigenvalue weighted by Gasteiger charge is 2.56. The molecule has 3 amide bonds. The summed E-state index contributed by atoms with van der Waals surface area (Å²) >= 11 is 5.57. The van der Waals surface area contributed by atoms with Crippen LogP contribution in [-0.4, -0.2) is 32.5 Å². The molecule has 0 saturated carbocycles. The first-order chi connectivity index (χ1) is 21.7. The summed E-state index contributed by atoms with van der Waals surface area (Å²) in [5, 5.41) is 15.5. The summed E-state index contributed by atoms with van der Waals surface area (Å²) in [5.74, 6) is -2.82. The van der Waals surface area contributed by atoms with Gasteiger partial charge in [-0.3, -0.25) is 33.9 Å². The van der Waals surface area contributed by atoms with Crippen molar-refractivity contribution in [3.8, 4) is 0 Å². The first kappa shape index (κ1) is 29.1. The molecule has 224 valence electrons. The maximum Gasteiger partial charge on any atom is 0.308 e. The maximum absolute atomic E-state index is 14.0. The van der Waals surface area contributed by atoms with Crippen molar-refractivity contribution in [3.05, 3.63) is 126 Å². The minimum absolute atomic E-state index is 0.162. The zero-order chi connectivity index (χ0) is 31.4. The van der Waals surface area contributed by atoms with Crippen molar-refractivity contribution in [2.75, 3.05) is 10.2 Å². The zero-order valence-corrected chi connectivity index (χ0v) is 26.3. The zero-order valence-electron chi connectivity index (χ0n) is 23.1. The van der Waals surface area contributed by atoms with Crippen LogP contribution in [0.1, 0.15) is 16.4 Å². The SMILES string of the molecule is O=C(Cn1c2c(sc1=O)[C@@H](c1cccc(Br)c1)[C@@H]1C(=O)N(c3ccc([N+](=O)[O-])cc3)C(=O)[C@@H]1S2)Nc1cccc2ccccc12. The van der Waals surface area contributed by atoms with E-state index < -0.39 is 39.7 Å². The number of benzene rings is 4. The molecular weight excluding hydrogens is 680 g/mol. The van der Waals surface area contributed by atoms with E-state index in [4.69, 9.17) is 0 Å². The quantitative estimate of drug-likeness (QED) is 0.127. The number of anilines is 2. The van der Waals surface area contributed by atoms with E-state index in [9.17, 15) is 29.3 Å². The van der Waals surface area contributed by atoms with Gasteiger partial charge in [0.15, 0.2) is 0 Å². The van der Waals surface area contributed by atoms with Crippen LogP contribution < -0.4 is 15.1 Å². The smallest absolute Gasteiger partial charge is 0.308 e. The number of halogens is 1. The number of aromatic nitrogens is 1. The molecule has 0 radical (unpaired) electrons. The third-order valence-electron chi connectivity index (χ3n) is 7.94. The van der Waals surface area contributed by atoms with Gasteiger partial charge in [0.05, 0.1) is 21.6 Å². The second-order valence-electron chi connectivity index (χ2n) is 10.6. The van der Waals surface area contributed by atoms with Gasteiger partial charge in [-0.2, -0.15) is 0 Å². The van der Waals surface area contributed by atoms with Gasteiger partial charge in [0.1, 0.15) is 11.8 Å². The van der Waals surface area contributed by atoms with Gasteiger partial charge < -0.3 is 5.32 Å². The van der Waals surface area contributed by atoms with Crippen LogP contribution in [0, 0.1) is 16.0 Å². The predicted octanol–water partition coefficient (Wildman–Crippen LogP) is 6.17. The van der Waals surface area contributed by atoms with Crippen LogP contribution in [0.25, 0.3) is 10.8 Å². The molecule has 45 heavy (non-hydrogen) atoms. The van der Waals surface area contributed by atoms with Gasteiger partial charge in [0, 0.05) is 38.5 Å². The van der Waals surface area contributed by atoms with Gasteiger partial charge in [-0.1, -0.05) is 87.6 Å². The summed E-state index contributed by atoms with van der Waals surface area (Å²) in [5.41, 5.74) is 1.42. The summed E-state index contributed by atoms with van der Waals surface area (Å²) in [6.45, 7) is -0.280. The number of non-ortho nitro benzene ring substituents is 1. The molecule has 10 nitrogen and oxygen atoms in total. The van der Waals surface area contributed by atoms with E-state index in [-0.39, 0.29) is 22.8 Å². The number of imide groups is 1. The number of nitro groups is 1. The van der Waals surface area contributed by atoms with Gasteiger partial charge in [0.2, 0.25) is 17.7 Å². The van der Waals surface area contributed by atoms with Gasteiger partial charge in [-0.05, 0) is 41.3 Å². The van der Waals surface area contributed by atoms with Crippen LogP contribution in [0.15, 0.2) is 105 Å². The third-order valence-corrected chi connectivity index (χ3v) is 11.0. The summed E-state index contributed by atoms with van der Waals surface area (Å²) in [4.78, 5) is 66.7. The molecule has 13 heteroatoms. The Morgan fingerprint density at radius 3 is 2.42 bits per heavy atom. The summed E-state index contributed by atoms with van der Waals surface area (Å²) in [6, 6.07) is 25.9. The summed E-state index contributed by atoms with van der Waals surface area (Å²) < 4.78 is 2.14. The lowest BCUT2D eigenvalue weighted by molar-refractivity contribution is -0.384. The molecule has 0 aliphatic carbocycles. The third kappa shape index (κ3) is 5.06. The Labute approximate surface area is 271 Å². The Bertz CT molecular complexity index is 2110. The highest BCUT2D eigenvalue weighted by atomic mass is 79.9. The molecule has 1 N–H and O–H groups in total. The van der Waals surface area contributed by atoms with E-state index in [1.165, 1.54) is 28.8 Å². The summed E-state index contributed by atoms with van der Waals surface area (Å²) in [6.07, 6.45) is 0. The summed E-state index contributed by atoms with van der Waals surface area (Å²) in [7, 11) is 0. The molecule has 4 aromatic carbocycles. The van der Waals surface area contributed by atoms with Gasteiger partial charge in [-0.15, -0.1) is 0 Å². The Morgan fingerprint density at radius 2 is 1.67 bits per heavy atom. The normalized spacial score (nSPS) is 19.0. The van der Waals surface area contributed by atoms with Crippen LogP contribution >= 0.6 is 39.0 Å². The average Bonchev–Trinajstić information content (AvgIpc) is 3.47. The number of hydrogen-bond acceptors (Lipinski definition) is 8. The molecule has 5 aromatic rings. The number of nitro benzene ring substituents is 1. The van der Waals surface area contributed by atoms with Crippen LogP contribution in [0.3, 0.4) is 0 Å². The molecule has 0 spiro atoms. The molecule has 2 aliphatic rings. The Morgan fingerprint density at radius 1 is 0.933 bits per heavy atom. The average molecular weight is 702 g/mol. The molecule has 0 bridgehead atoms. The van der Waals surface area contributed by atoms with E-state index in [1.807, 2.05) is 60.7 Å². The number of rotatable bonds is 6. The molecular formula is C32H21BrN4O6S2. The molecule has 1 aromatic heterocycles. The Kier molecular flexibility index (Phi) is 7.38. The highest BCUT2D eigenvalue weighted by Crippen LogP contribution is 2.54. The molecule has 3 heterocycles. The van der Waals surface area contributed by atoms with E-state index in [0.29, 0.717) is 15.6 Å². The van der Waals surface area contributed by atoms with Gasteiger partial charge in [0.25, 0.3) is 5.69 Å². The van der Waals surface area contributed by atoms with Crippen molar-refractivity contribution < 1.29 is 19.3 Å². The number of hydrogen-bond donors (Lipinski definition) is 1. The number of nitrogens with one attached hydrogen (secondary N) is 1. The first-order valence-electron chi connectivity index (χ1n) is 13.8. The van der Waals surface area contributed by atoms with E-state index >= 15 is 0 Å². The van der Waals surface area contributed by atoms with Crippen LogP contribution in [-0.2, 0) is 20.9 Å². The van der Waals surface area contributed by atoms with Crippen molar-refractivity contribution in [2.45, 2.75) is 22.7 Å². The van der Waals surface area contributed by atoms with E-state index in [1.54, 1.807) is 6.07 Å². The number of amides is 3. The van der Waals surface area contributed by atoms with E-state index in [0.717, 1.165) is 48.8 Å². The number of carbonyl (C=O) groups is 3. The molecule has 3 atom stereocenters. The lowest BCUT2D eigenvalue weighted by Crippen LogP contribution is -2.33. The van der Waals surface area contributed by atoms with Crippen molar-refractivity contribution in [1.29, 1.82) is 0 Å². The van der Waals surface area contributed by atoms with E-state index in [2.05, 4.69) is 21.2 Å². The second-order valence-corrected chi connectivity index (χ2v) is 13.6. The second kappa shape index (κ2) is 11.4. The minimum Gasteiger partial charge on any atom is -0.324 e. The van der Waals surface area contributed by atoms with Crippen molar-refractivity contribution in [2.24, 2.45) is 5.92 Å². The number of carbonyl (C=O) groups excluding carboxylic acids is 3. The lowest BCUT2D eigenvalue weighted by atomic mass is 9.83. The number of fused-ring (bicyclic) bond motifs is 3. The van der Waals surface area contributed by atoms with Crippen molar-refractivity contribution in [1.82, 2.24) is 4.57 Å². The number of thioether (sulfide) groups is 1. The fourth-order valence-electron chi connectivity index (χ4n) is 5.96. The lowest BCUT2D eigenvalue weighted by Gasteiger charge is -2.30. The molecule has 0 unspecified atom stereocenters. The van der Waals surface area contributed by atoms with Crippen molar-refractivity contribution in [3.63, 3.8) is 0 Å². The van der Waals surface area contributed by atoms with Crippen LogP contribution in [0.2, 0.25) is 0 Å². The Balaban J connectivity index is 1.27. The van der Waals surface area contributed by atoms with Crippen molar-refractivity contribution >= 4 is 84.6 Å². The van der Waals surface area contributed by atoms with Crippen LogP contribution in [0.4, 0.5) is 17.1 Å². The monoisotopic (exact) mass is 700 g/mol. The number of nitrogens with zero attached hydrogens (tertiary/aromatic N) is 3. The highest BCUT2D eigenvalue weighted by molar-refractivity contribution is 9.10. The molecule has 7 rings (SSSR count). The predicted molar refractivity (Wildman–Crippen MR) is 176 cm³/mol. The maximum atomic E-state index is 14.0. The fourth-order valence-corrected chi connectivity index (χ4v) is 9.15. The molecule has 1 saturated heterocycles. The topological polar surface area (TPSA) is 132 Å². The van der Waals surface area contributed by atoms with Gasteiger partial charge >= 0.3 is 4.87 Å². The fraction of sp³-hybridized carbons (Fsp3) is 0.125. The van der Waals surface area contributed by atoms with Crippen LogP contribution in [0.5, 0.6) is 0 Å². The largest absolute Gasteiger partial charge is 0.324 e. The Hall–Kier alpha value is -4.59. The molecule has 1 fully saturated rings. The standard InChI is InChI=1S/C32H21BrN4O6S2/c33-19-8-3-7-18(15-19)25-26-27(30(40)36(29(26)39)20-11-13-21(14-12-20)37(42)43)44-31-28(25)45-32(41)35(31)16-24(38)34-23-10-4-6-17-5-1-2-9-22(17)23/h1-15,25-27H,16H2,(H,34,38)/t25-,26-,27+/m0/s1.